The first kappa shape index (κ1) is 14.6. The molecule has 6 nitrogen and oxygen atoms in total. The molecular weight excluding hydrogens is 291 g/mol. The Morgan fingerprint density at radius 2 is 2.00 bits per heavy atom. The van der Waals surface area contributed by atoms with Crippen LogP contribution in [0.2, 0.25) is 0 Å². The van der Waals surface area contributed by atoms with Crippen molar-refractivity contribution in [2.45, 2.75) is 19.8 Å². The van der Waals surface area contributed by atoms with Crippen LogP contribution in [0.3, 0.4) is 0 Å². The number of nitrogens with zero attached hydrogens (tertiary/aromatic N) is 1. The van der Waals surface area contributed by atoms with Gasteiger partial charge in [-0.25, -0.2) is 9.23 Å². The number of aromatic hydroxyl groups is 1. The van der Waals surface area contributed by atoms with E-state index in [0.29, 0.717) is 17.9 Å². The van der Waals surface area contributed by atoms with E-state index in [1.165, 1.54) is 18.2 Å². The molecule has 22 heavy (non-hydrogen) atoms. The molecule has 1 atom stereocenters. The van der Waals surface area contributed by atoms with E-state index in [2.05, 4.69) is 5.32 Å². The van der Waals surface area contributed by atoms with E-state index in [1.807, 2.05) is 0 Å². The number of rotatable bonds is 4. The minimum absolute atomic E-state index is 0.0261. The highest BCUT2D eigenvalue weighted by Gasteiger charge is 2.25. The van der Waals surface area contributed by atoms with E-state index < -0.39 is 6.29 Å². The summed E-state index contributed by atoms with van der Waals surface area (Å²) in [5.74, 6) is -0.297. The van der Waals surface area contributed by atoms with Gasteiger partial charge in [-0.2, -0.15) is 4.89 Å². The molecular formula is C15H15FN2O4. The number of anilines is 2. The Hall–Kier alpha value is -2.35. The predicted molar refractivity (Wildman–Crippen MR) is 77.0 cm³/mol. The highest BCUT2D eigenvalue weighted by atomic mass is 19.1. The molecule has 0 spiro atoms. The van der Waals surface area contributed by atoms with Crippen molar-refractivity contribution < 1.29 is 24.2 Å². The molecule has 3 rings (SSSR count). The number of halogens is 1. The molecule has 1 unspecified atom stereocenters. The molecule has 1 aliphatic heterocycles. The maximum Gasteiger partial charge on any atom is 0.219 e. The van der Waals surface area contributed by atoms with E-state index in [1.54, 1.807) is 31.2 Å². The van der Waals surface area contributed by atoms with Crippen molar-refractivity contribution in [1.29, 1.82) is 0 Å². The van der Waals surface area contributed by atoms with Crippen LogP contribution in [0, 0.1) is 5.82 Å². The van der Waals surface area contributed by atoms with E-state index in [4.69, 9.17) is 14.7 Å². The van der Waals surface area contributed by atoms with E-state index in [-0.39, 0.29) is 11.6 Å². The van der Waals surface area contributed by atoms with Gasteiger partial charge in [-0.3, -0.25) is 0 Å². The molecule has 1 saturated heterocycles. The summed E-state index contributed by atoms with van der Waals surface area (Å²) in [6.07, 6.45) is -0.546. The Labute approximate surface area is 126 Å². The van der Waals surface area contributed by atoms with Gasteiger partial charge in [0.2, 0.25) is 6.29 Å². The predicted octanol–water partition coefficient (Wildman–Crippen LogP) is 3.10. The van der Waals surface area contributed by atoms with Crippen molar-refractivity contribution >= 4 is 11.4 Å². The fourth-order valence-corrected chi connectivity index (χ4v) is 1.96. The van der Waals surface area contributed by atoms with Gasteiger partial charge >= 0.3 is 0 Å². The average molecular weight is 306 g/mol. The van der Waals surface area contributed by atoms with Gasteiger partial charge in [0.15, 0.2) is 0 Å². The summed E-state index contributed by atoms with van der Waals surface area (Å²) in [7, 11) is 0. The number of nitrogens with one attached hydrogen (secondary N) is 1. The highest BCUT2D eigenvalue weighted by molar-refractivity contribution is 5.62. The van der Waals surface area contributed by atoms with Crippen LogP contribution in [-0.2, 0) is 21.3 Å². The number of hydrogen-bond donors (Lipinski definition) is 2. The number of phenols is 1. The first-order valence-electron chi connectivity index (χ1n) is 6.73. The highest BCUT2D eigenvalue weighted by Crippen LogP contribution is 2.33. The normalized spacial score (nSPS) is 17.7. The Balaban J connectivity index is 1.65. The molecule has 0 aromatic heterocycles. The van der Waals surface area contributed by atoms with Crippen molar-refractivity contribution in [2.75, 3.05) is 10.5 Å². The third-order valence-corrected chi connectivity index (χ3v) is 3.07. The third-order valence-electron chi connectivity index (χ3n) is 3.07. The van der Waals surface area contributed by atoms with Crippen LogP contribution in [0.4, 0.5) is 15.8 Å². The average Bonchev–Trinajstić information content (AvgIpc) is 2.93. The van der Waals surface area contributed by atoms with Gasteiger partial charge in [-0.05, 0) is 36.8 Å². The summed E-state index contributed by atoms with van der Waals surface area (Å²) in [5.41, 5.74) is 1.97. The Morgan fingerprint density at radius 1 is 1.23 bits per heavy atom. The fourth-order valence-electron chi connectivity index (χ4n) is 1.96. The van der Waals surface area contributed by atoms with E-state index in [9.17, 15) is 9.50 Å². The van der Waals surface area contributed by atoms with Crippen molar-refractivity contribution in [1.82, 2.24) is 0 Å². The SMILES string of the molecule is CC1OON(c2ccc(NCc3ccc(F)cc3)cc2O)O1. The summed E-state index contributed by atoms with van der Waals surface area (Å²) in [6, 6.07) is 11.1. The zero-order valence-corrected chi connectivity index (χ0v) is 11.8. The van der Waals surface area contributed by atoms with Crippen LogP contribution >= 0.6 is 0 Å². The van der Waals surface area contributed by atoms with Gasteiger partial charge in [0.05, 0.1) is 0 Å². The van der Waals surface area contributed by atoms with Gasteiger partial charge in [-0.15, -0.1) is 0 Å². The van der Waals surface area contributed by atoms with Crippen molar-refractivity contribution in [2.24, 2.45) is 0 Å². The molecule has 2 N–H and O–H groups in total. The lowest BCUT2D eigenvalue weighted by molar-refractivity contribution is -0.280. The quantitative estimate of drug-likeness (QED) is 0.846. The Bertz CT molecular complexity index is 650. The minimum Gasteiger partial charge on any atom is -0.505 e. The second-order valence-corrected chi connectivity index (χ2v) is 4.78. The zero-order chi connectivity index (χ0) is 15.5. The summed E-state index contributed by atoms with van der Waals surface area (Å²) < 4.78 is 12.8. The second-order valence-electron chi connectivity index (χ2n) is 4.78. The minimum atomic E-state index is -0.546. The van der Waals surface area contributed by atoms with Gasteiger partial charge in [0.1, 0.15) is 17.3 Å². The van der Waals surface area contributed by atoms with Gasteiger partial charge < -0.3 is 10.4 Å². The summed E-state index contributed by atoms with van der Waals surface area (Å²) >= 11 is 0. The zero-order valence-electron chi connectivity index (χ0n) is 11.8. The molecule has 0 amide bonds. The Kier molecular flexibility index (Phi) is 4.10. The monoisotopic (exact) mass is 306 g/mol. The molecule has 2 aromatic carbocycles. The maximum atomic E-state index is 12.8. The maximum absolute atomic E-state index is 12.8. The summed E-state index contributed by atoms with van der Waals surface area (Å²) in [5, 5.41) is 14.2. The molecule has 0 bridgehead atoms. The fraction of sp³-hybridized carbons (Fsp3) is 0.200. The summed E-state index contributed by atoms with van der Waals surface area (Å²) in [4.78, 5) is 14.8. The van der Waals surface area contributed by atoms with Crippen LogP contribution in [0.15, 0.2) is 42.5 Å². The lowest BCUT2D eigenvalue weighted by atomic mass is 10.2. The third kappa shape index (κ3) is 3.28. The smallest absolute Gasteiger partial charge is 0.219 e. The second kappa shape index (κ2) is 6.18. The number of hydrogen-bond acceptors (Lipinski definition) is 6. The van der Waals surface area contributed by atoms with E-state index in [0.717, 1.165) is 10.8 Å². The van der Waals surface area contributed by atoms with Crippen LogP contribution in [0.1, 0.15) is 12.5 Å². The number of benzene rings is 2. The molecule has 2 aromatic rings. The van der Waals surface area contributed by atoms with Crippen LogP contribution in [0.25, 0.3) is 0 Å². The van der Waals surface area contributed by atoms with Crippen molar-refractivity contribution in [3.8, 4) is 5.75 Å². The Morgan fingerprint density at radius 3 is 2.64 bits per heavy atom. The summed E-state index contributed by atoms with van der Waals surface area (Å²) in [6.45, 7) is 2.17. The molecule has 116 valence electrons. The molecule has 0 radical (unpaired) electrons. The van der Waals surface area contributed by atoms with Crippen LogP contribution < -0.4 is 10.5 Å². The standard InChI is InChI=1S/C15H15FN2O4/c1-10-20-18(22-21-10)14-7-6-13(8-15(14)19)17-9-11-2-4-12(16)5-3-11/h2-8,10,17,19H,9H2,1H3. The number of phenolic OH excluding ortho intramolecular Hbond substituents is 1. The molecule has 1 aliphatic rings. The van der Waals surface area contributed by atoms with Gasteiger partial charge in [0.25, 0.3) is 0 Å². The molecule has 1 fully saturated rings. The largest absolute Gasteiger partial charge is 0.505 e. The van der Waals surface area contributed by atoms with Crippen LogP contribution in [-0.4, -0.2) is 11.4 Å². The molecule has 0 saturated carbocycles. The molecule has 7 heteroatoms. The van der Waals surface area contributed by atoms with Gasteiger partial charge in [0, 0.05) is 18.3 Å². The lowest BCUT2D eigenvalue weighted by Crippen LogP contribution is -2.16. The van der Waals surface area contributed by atoms with Crippen molar-refractivity contribution in [3.05, 3.63) is 53.8 Å². The van der Waals surface area contributed by atoms with E-state index >= 15 is 0 Å². The van der Waals surface area contributed by atoms with Crippen molar-refractivity contribution in [3.63, 3.8) is 0 Å². The first-order chi connectivity index (χ1) is 10.6. The first-order valence-corrected chi connectivity index (χ1v) is 6.73. The molecule has 0 aliphatic carbocycles. The topological polar surface area (TPSA) is 63.2 Å². The lowest BCUT2D eigenvalue weighted by Gasteiger charge is -2.14. The van der Waals surface area contributed by atoms with Gasteiger partial charge in [-0.1, -0.05) is 22.3 Å². The molecule has 1 heterocycles. The van der Waals surface area contributed by atoms with Crippen LogP contribution in [0.5, 0.6) is 5.75 Å².